The number of likely N-dealkylation sites (N-methyl/N-ethyl adjacent to an activating group) is 1. The van der Waals surface area contributed by atoms with Crippen molar-refractivity contribution in [2.75, 3.05) is 13.6 Å². The van der Waals surface area contributed by atoms with E-state index in [0.29, 0.717) is 42.6 Å². The first-order chi connectivity index (χ1) is 17.7. The van der Waals surface area contributed by atoms with Gasteiger partial charge in [0.25, 0.3) is 0 Å². The molecule has 10 heteroatoms. The lowest BCUT2D eigenvalue weighted by Crippen LogP contribution is -2.46. The van der Waals surface area contributed by atoms with Crippen molar-refractivity contribution >= 4 is 17.5 Å². The van der Waals surface area contributed by atoms with Gasteiger partial charge in [-0.1, -0.05) is 48.0 Å². The van der Waals surface area contributed by atoms with E-state index in [-0.39, 0.29) is 11.9 Å². The summed E-state index contributed by atoms with van der Waals surface area (Å²) in [5, 5.41) is 3.14. The highest BCUT2D eigenvalue weighted by Crippen LogP contribution is 2.46. The number of halogens is 5. The number of aryl methyl sites for hydroxylation is 1. The van der Waals surface area contributed by atoms with Crippen LogP contribution in [0.1, 0.15) is 65.5 Å². The van der Waals surface area contributed by atoms with Crippen molar-refractivity contribution < 1.29 is 22.4 Å². The van der Waals surface area contributed by atoms with Gasteiger partial charge in [0.2, 0.25) is 5.91 Å². The van der Waals surface area contributed by atoms with Gasteiger partial charge >= 0.3 is 6.18 Å². The first kappa shape index (κ1) is 25.7. The molecule has 0 radical (unpaired) electrons. The normalized spacial score (nSPS) is 18.9. The average Bonchev–Trinajstić information content (AvgIpc) is 3.66. The molecule has 196 valence electrons. The fourth-order valence-electron chi connectivity index (χ4n) is 5.31. The third-order valence-corrected chi connectivity index (χ3v) is 7.50. The predicted molar refractivity (Wildman–Crippen MR) is 132 cm³/mol. The lowest BCUT2D eigenvalue weighted by Gasteiger charge is -2.41. The second-order valence-corrected chi connectivity index (χ2v) is 9.96. The molecule has 1 amide bonds. The molecule has 2 heterocycles. The first-order valence-electron chi connectivity index (χ1n) is 12.3. The molecule has 1 aliphatic heterocycles. The molecule has 3 aromatic rings. The van der Waals surface area contributed by atoms with Crippen molar-refractivity contribution in [2.24, 2.45) is 0 Å². The second kappa shape index (κ2) is 10.1. The smallest absolute Gasteiger partial charge is 0.358 e. The molecule has 37 heavy (non-hydrogen) atoms. The Bertz CT molecular complexity index is 1290. The van der Waals surface area contributed by atoms with Crippen LogP contribution in [0.25, 0.3) is 0 Å². The van der Waals surface area contributed by atoms with Crippen molar-refractivity contribution in [3.8, 4) is 0 Å². The number of rotatable bonds is 7. The number of amides is 1. The maximum atomic E-state index is 14.3. The van der Waals surface area contributed by atoms with Gasteiger partial charge in [0.05, 0.1) is 17.3 Å². The fourth-order valence-corrected chi connectivity index (χ4v) is 5.63. The number of benzene rings is 2. The van der Waals surface area contributed by atoms with Crippen molar-refractivity contribution in [2.45, 2.75) is 56.4 Å². The van der Waals surface area contributed by atoms with Crippen molar-refractivity contribution in [3.63, 3.8) is 0 Å². The van der Waals surface area contributed by atoms with E-state index in [0.717, 1.165) is 42.1 Å². The summed E-state index contributed by atoms with van der Waals surface area (Å²) < 4.78 is 55.5. The van der Waals surface area contributed by atoms with Gasteiger partial charge in [-0.15, -0.1) is 0 Å². The first-order valence-corrected chi connectivity index (χ1v) is 12.7. The number of nitrogens with zero attached hydrogens (tertiary/aromatic N) is 3. The molecule has 2 aromatic carbocycles. The van der Waals surface area contributed by atoms with E-state index in [9.17, 15) is 22.4 Å². The minimum Gasteiger partial charge on any atom is -0.358 e. The molecular weight excluding hydrogens is 508 g/mol. The molecule has 2 atom stereocenters. The molecule has 0 saturated heterocycles. The van der Waals surface area contributed by atoms with Gasteiger partial charge in [-0.25, -0.2) is 9.37 Å². The number of carbonyl (C=O) groups excluding carboxylic acids is 1. The lowest BCUT2D eigenvalue weighted by atomic mass is 9.95. The molecule has 1 N–H and O–H groups in total. The van der Waals surface area contributed by atoms with Crippen LogP contribution in [0, 0.1) is 5.82 Å². The molecule has 5 nitrogen and oxygen atoms in total. The van der Waals surface area contributed by atoms with Gasteiger partial charge in [-0.2, -0.15) is 13.2 Å². The molecule has 5 rings (SSSR count). The highest BCUT2D eigenvalue weighted by atomic mass is 35.5. The number of carbonyl (C=O) groups is 1. The number of hydrogen-bond donors (Lipinski definition) is 1. The molecule has 0 bridgehead atoms. The molecule has 0 spiro atoms. The Labute approximate surface area is 217 Å². The Morgan fingerprint density at radius 3 is 2.51 bits per heavy atom. The van der Waals surface area contributed by atoms with Crippen LogP contribution >= 0.6 is 11.6 Å². The average molecular weight is 535 g/mol. The monoisotopic (exact) mass is 534 g/mol. The number of fused-ring (bicyclic) bond motifs is 1. The molecular formula is C27H27ClF4N4O. The standard InChI is InChI=1S/C27H27ClF4N4O/c1-33-26(37)22(17-5-3-2-4-6-17)35-13-14-36-23(24(28)34-25(36)18-9-10-18)21(35)12-8-16-7-11-19(20(29)15-16)27(30,31)32/h2-7,11,15,18,21-22H,8-10,12-14H2,1H3,(H,33,37)/t21-,22+/m0/s1. The molecule has 1 fully saturated rings. The number of alkyl halides is 3. The second-order valence-electron chi connectivity index (χ2n) is 9.60. The van der Waals surface area contributed by atoms with Gasteiger partial charge in [0.15, 0.2) is 5.15 Å². The predicted octanol–water partition coefficient (Wildman–Crippen LogP) is 6.05. The van der Waals surface area contributed by atoms with Crippen LogP contribution in [0.2, 0.25) is 5.15 Å². The van der Waals surface area contributed by atoms with E-state index in [1.54, 1.807) is 7.05 Å². The van der Waals surface area contributed by atoms with Crippen LogP contribution in [0.15, 0.2) is 48.5 Å². The van der Waals surface area contributed by atoms with Crippen LogP contribution in [0.4, 0.5) is 17.6 Å². The van der Waals surface area contributed by atoms with Gasteiger partial charge < -0.3 is 9.88 Å². The van der Waals surface area contributed by atoms with Gasteiger partial charge in [0.1, 0.15) is 17.7 Å². The van der Waals surface area contributed by atoms with Crippen LogP contribution < -0.4 is 5.32 Å². The van der Waals surface area contributed by atoms with Gasteiger partial charge in [-0.3, -0.25) is 9.69 Å². The summed E-state index contributed by atoms with van der Waals surface area (Å²) in [6, 6.07) is 11.5. The zero-order chi connectivity index (χ0) is 26.3. The summed E-state index contributed by atoms with van der Waals surface area (Å²) >= 11 is 6.69. The van der Waals surface area contributed by atoms with Gasteiger partial charge in [-0.05, 0) is 48.9 Å². The molecule has 0 unspecified atom stereocenters. The van der Waals surface area contributed by atoms with Crippen molar-refractivity contribution in [1.29, 1.82) is 0 Å². The van der Waals surface area contributed by atoms with Crippen LogP contribution in [-0.2, 0) is 23.9 Å². The minimum atomic E-state index is -4.75. The topological polar surface area (TPSA) is 50.2 Å². The molecule has 1 aromatic heterocycles. The fraction of sp³-hybridized carbons (Fsp3) is 0.407. The third kappa shape index (κ3) is 5.11. The Morgan fingerprint density at radius 2 is 1.89 bits per heavy atom. The van der Waals surface area contributed by atoms with Crippen molar-refractivity contribution in [1.82, 2.24) is 19.8 Å². The van der Waals surface area contributed by atoms with Crippen LogP contribution in [0.5, 0.6) is 0 Å². The number of aromatic nitrogens is 2. The number of hydrogen-bond acceptors (Lipinski definition) is 3. The summed E-state index contributed by atoms with van der Waals surface area (Å²) in [6.45, 7) is 1.17. The minimum absolute atomic E-state index is 0.178. The van der Waals surface area contributed by atoms with Crippen LogP contribution in [0.3, 0.4) is 0 Å². The Morgan fingerprint density at radius 1 is 1.16 bits per heavy atom. The van der Waals surface area contributed by atoms with E-state index in [4.69, 9.17) is 11.6 Å². The quantitative estimate of drug-likeness (QED) is 0.376. The summed E-state index contributed by atoms with van der Waals surface area (Å²) in [4.78, 5) is 19.9. The van der Waals surface area contributed by atoms with E-state index < -0.39 is 23.6 Å². The summed E-state index contributed by atoms with van der Waals surface area (Å²) in [6.07, 6.45) is -1.93. The van der Waals surface area contributed by atoms with Gasteiger partial charge in [0, 0.05) is 26.1 Å². The summed E-state index contributed by atoms with van der Waals surface area (Å²) in [5.74, 6) is -0.159. The van der Waals surface area contributed by atoms with E-state index >= 15 is 0 Å². The maximum absolute atomic E-state index is 14.3. The molecule has 1 aliphatic carbocycles. The SMILES string of the molecule is CNC(=O)[C@@H](c1ccccc1)N1CCn2c(C3CC3)nc(Cl)c2[C@@H]1CCc1ccc(C(F)(F)F)c(F)c1. The highest BCUT2D eigenvalue weighted by Gasteiger charge is 2.41. The molecule has 1 saturated carbocycles. The zero-order valence-corrected chi connectivity index (χ0v) is 21.0. The Kier molecular flexibility index (Phi) is 7.02. The van der Waals surface area contributed by atoms with Crippen LogP contribution in [-0.4, -0.2) is 34.0 Å². The zero-order valence-electron chi connectivity index (χ0n) is 20.2. The lowest BCUT2D eigenvalue weighted by molar-refractivity contribution is -0.140. The summed E-state index contributed by atoms with van der Waals surface area (Å²) in [7, 11) is 1.59. The largest absolute Gasteiger partial charge is 0.419 e. The molecule has 2 aliphatic rings. The van der Waals surface area contributed by atoms with E-state index in [1.807, 2.05) is 30.3 Å². The van der Waals surface area contributed by atoms with E-state index in [1.165, 1.54) is 6.07 Å². The number of imidazole rings is 1. The maximum Gasteiger partial charge on any atom is 0.419 e. The highest BCUT2D eigenvalue weighted by molar-refractivity contribution is 6.30. The van der Waals surface area contributed by atoms with E-state index in [2.05, 4.69) is 19.8 Å². The van der Waals surface area contributed by atoms with Crippen molar-refractivity contribution in [3.05, 3.63) is 87.7 Å². The Hall–Kier alpha value is -2.91. The number of nitrogens with one attached hydrogen (secondary N) is 1. The third-order valence-electron chi connectivity index (χ3n) is 7.22. The Balaban J connectivity index is 1.51. The summed E-state index contributed by atoms with van der Waals surface area (Å²) in [5.41, 5.74) is 0.775.